The second kappa shape index (κ2) is 3.25. The van der Waals surface area contributed by atoms with Gasteiger partial charge in [-0.15, -0.1) is 0 Å². The van der Waals surface area contributed by atoms with E-state index in [2.05, 4.69) is 27.4 Å². The van der Waals surface area contributed by atoms with Gasteiger partial charge in [-0.2, -0.15) is 0 Å². The number of phenols is 1. The van der Waals surface area contributed by atoms with Crippen LogP contribution in [0.3, 0.4) is 0 Å². The van der Waals surface area contributed by atoms with Crippen LogP contribution >= 0.6 is 0 Å². The van der Waals surface area contributed by atoms with Crippen molar-refractivity contribution in [2.75, 3.05) is 0 Å². The summed E-state index contributed by atoms with van der Waals surface area (Å²) in [6.07, 6.45) is 1.65. The molecular weight excluding hydrogens is 160 g/mol. The monoisotopic (exact) mass is 176 g/mol. The van der Waals surface area contributed by atoms with Gasteiger partial charge in [-0.05, 0) is 17.0 Å². The topological polar surface area (TPSA) is 20.2 Å². The number of phenolic OH excluding ortho intramolecular Hbond substituents is 1. The Morgan fingerprint density at radius 1 is 1.31 bits per heavy atom. The fourth-order valence-corrected chi connectivity index (χ4v) is 1.18. The molecular formula is C12H16O. The summed E-state index contributed by atoms with van der Waals surface area (Å²) in [5.41, 5.74) is 2.00. The highest BCUT2D eigenvalue weighted by Gasteiger charge is 2.14. The van der Waals surface area contributed by atoms with Crippen LogP contribution in [0.5, 0.6) is 5.75 Å². The molecule has 0 fully saturated rings. The third-order valence-electron chi connectivity index (χ3n) is 2.12. The molecule has 0 aliphatic heterocycles. The van der Waals surface area contributed by atoms with Crippen molar-refractivity contribution in [3.63, 3.8) is 0 Å². The molecule has 0 atom stereocenters. The van der Waals surface area contributed by atoms with Gasteiger partial charge in [0.1, 0.15) is 5.75 Å². The summed E-state index contributed by atoms with van der Waals surface area (Å²) in [6, 6.07) is 5.72. The zero-order valence-corrected chi connectivity index (χ0v) is 8.46. The highest BCUT2D eigenvalue weighted by molar-refractivity contribution is 5.56. The zero-order valence-electron chi connectivity index (χ0n) is 8.46. The SMILES string of the molecule is C=Cc1ccc(C(C)(C)C)cc1O. The van der Waals surface area contributed by atoms with E-state index in [0.29, 0.717) is 5.75 Å². The number of hydrogen-bond donors (Lipinski definition) is 1. The van der Waals surface area contributed by atoms with Crippen molar-refractivity contribution >= 4 is 6.08 Å². The molecule has 0 aromatic heterocycles. The highest BCUT2D eigenvalue weighted by Crippen LogP contribution is 2.28. The average molecular weight is 176 g/mol. The van der Waals surface area contributed by atoms with Crippen LogP contribution in [0.2, 0.25) is 0 Å². The van der Waals surface area contributed by atoms with E-state index in [1.807, 2.05) is 12.1 Å². The molecule has 1 nitrogen and oxygen atoms in total. The van der Waals surface area contributed by atoms with Crippen LogP contribution in [0.25, 0.3) is 6.08 Å². The first kappa shape index (κ1) is 9.85. The lowest BCUT2D eigenvalue weighted by Gasteiger charge is -2.19. The summed E-state index contributed by atoms with van der Waals surface area (Å²) in [5.74, 6) is 0.308. The van der Waals surface area contributed by atoms with Crippen molar-refractivity contribution in [1.82, 2.24) is 0 Å². The van der Waals surface area contributed by atoms with Gasteiger partial charge < -0.3 is 5.11 Å². The maximum Gasteiger partial charge on any atom is 0.123 e. The van der Waals surface area contributed by atoms with Crippen LogP contribution in [0.4, 0.5) is 0 Å². The summed E-state index contributed by atoms with van der Waals surface area (Å²) in [6.45, 7) is 9.98. The summed E-state index contributed by atoms with van der Waals surface area (Å²) < 4.78 is 0. The quantitative estimate of drug-likeness (QED) is 0.695. The first-order valence-corrected chi connectivity index (χ1v) is 4.41. The molecule has 0 bridgehead atoms. The van der Waals surface area contributed by atoms with Crippen molar-refractivity contribution in [2.24, 2.45) is 0 Å². The maximum absolute atomic E-state index is 9.58. The van der Waals surface area contributed by atoms with Gasteiger partial charge in [-0.25, -0.2) is 0 Å². The first-order chi connectivity index (χ1) is 5.95. The lowest BCUT2D eigenvalue weighted by atomic mass is 9.86. The molecule has 0 aliphatic carbocycles. The van der Waals surface area contributed by atoms with E-state index >= 15 is 0 Å². The fourth-order valence-electron chi connectivity index (χ4n) is 1.18. The number of benzene rings is 1. The Hall–Kier alpha value is -1.24. The summed E-state index contributed by atoms with van der Waals surface area (Å²) >= 11 is 0. The van der Waals surface area contributed by atoms with Crippen LogP contribution in [-0.2, 0) is 5.41 Å². The Morgan fingerprint density at radius 3 is 2.31 bits per heavy atom. The number of hydrogen-bond acceptors (Lipinski definition) is 1. The van der Waals surface area contributed by atoms with Gasteiger partial charge in [0.05, 0.1) is 0 Å². The third-order valence-corrected chi connectivity index (χ3v) is 2.12. The molecule has 1 rings (SSSR count). The third kappa shape index (κ3) is 2.11. The largest absolute Gasteiger partial charge is 0.507 e. The van der Waals surface area contributed by atoms with Crippen LogP contribution in [0, 0.1) is 0 Å². The molecule has 0 saturated carbocycles. The molecule has 0 amide bonds. The van der Waals surface area contributed by atoms with Gasteiger partial charge in [0.15, 0.2) is 0 Å². The van der Waals surface area contributed by atoms with Gasteiger partial charge in [-0.3, -0.25) is 0 Å². The second-order valence-corrected chi connectivity index (χ2v) is 4.23. The van der Waals surface area contributed by atoms with E-state index < -0.39 is 0 Å². The Labute approximate surface area is 79.7 Å². The van der Waals surface area contributed by atoms with Crippen LogP contribution in [0.1, 0.15) is 31.9 Å². The zero-order chi connectivity index (χ0) is 10.1. The smallest absolute Gasteiger partial charge is 0.123 e. The predicted molar refractivity (Wildman–Crippen MR) is 56.9 cm³/mol. The van der Waals surface area contributed by atoms with Crippen molar-refractivity contribution in [3.8, 4) is 5.75 Å². The molecule has 1 aromatic carbocycles. The van der Waals surface area contributed by atoms with Gasteiger partial charge in [0.25, 0.3) is 0 Å². The minimum absolute atomic E-state index is 0.0805. The van der Waals surface area contributed by atoms with Crippen LogP contribution in [0.15, 0.2) is 24.8 Å². The van der Waals surface area contributed by atoms with Crippen molar-refractivity contribution < 1.29 is 5.11 Å². The van der Waals surface area contributed by atoms with Gasteiger partial charge in [0, 0.05) is 5.56 Å². The number of rotatable bonds is 1. The van der Waals surface area contributed by atoms with E-state index in [-0.39, 0.29) is 5.41 Å². The Kier molecular flexibility index (Phi) is 2.46. The van der Waals surface area contributed by atoms with Crippen LogP contribution in [-0.4, -0.2) is 5.11 Å². The predicted octanol–water partition coefficient (Wildman–Crippen LogP) is 3.33. The van der Waals surface area contributed by atoms with E-state index in [9.17, 15) is 5.11 Å². The lowest BCUT2D eigenvalue weighted by molar-refractivity contribution is 0.470. The summed E-state index contributed by atoms with van der Waals surface area (Å²) in [7, 11) is 0. The normalized spacial score (nSPS) is 11.3. The van der Waals surface area contributed by atoms with E-state index in [1.54, 1.807) is 12.1 Å². The average Bonchev–Trinajstić information content (AvgIpc) is 2.02. The molecule has 13 heavy (non-hydrogen) atoms. The fraction of sp³-hybridized carbons (Fsp3) is 0.333. The molecule has 1 N–H and O–H groups in total. The molecule has 0 saturated heterocycles. The van der Waals surface area contributed by atoms with E-state index in [4.69, 9.17) is 0 Å². The first-order valence-electron chi connectivity index (χ1n) is 4.41. The molecule has 0 radical (unpaired) electrons. The van der Waals surface area contributed by atoms with Crippen molar-refractivity contribution in [3.05, 3.63) is 35.9 Å². The van der Waals surface area contributed by atoms with Crippen molar-refractivity contribution in [1.29, 1.82) is 0 Å². The van der Waals surface area contributed by atoms with Gasteiger partial charge in [0.2, 0.25) is 0 Å². The second-order valence-electron chi connectivity index (χ2n) is 4.23. The Morgan fingerprint density at radius 2 is 1.92 bits per heavy atom. The van der Waals surface area contributed by atoms with E-state index in [0.717, 1.165) is 11.1 Å². The molecule has 0 aliphatic rings. The van der Waals surface area contributed by atoms with Crippen molar-refractivity contribution in [2.45, 2.75) is 26.2 Å². The van der Waals surface area contributed by atoms with Crippen LogP contribution < -0.4 is 0 Å². The highest BCUT2D eigenvalue weighted by atomic mass is 16.3. The lowest BCUT2D eigenvalue weighted by Crippen LogP contribution is -2.10. The standard InChI is InChI=1S/C12H16O/c1-5-9-6-7-10(8-11(9)13)12(2,3)4/h5-8,13H,1H2,2-4H3. The molecule has 0 spiro atoms. The minimum Gasteiger partial charge on any atom is -0.507 e. The molecule has 0 unspecified atom stereocenters. The number of aromatic hydroxyl groups is 1. The van der Waals surface area contributed by atoms with E-state index in [1.165, 1.54) is 0 Å². The molecule has 1 heteroatoms. The Bertz CT molecular complexity index is 318. The maximum atomic E-state index is 9.58. The summed E-state index contributed by atoms with van der Waals surface area (Å²) in [4.78, 5) is 0. The Balaban J connectivity index is 3.17. The molecule has 70 valence electrons. The minimum atomic E-state index is 0.0805. The molecule has 1 aromatic rings. The molecule has 0 heterocycles. The van der Waals surface area contributed by atoms with Gasteiger partial charge in [-0.1, -0.05) is 45.6 Å². The van der Waals surface area contributed by atoms with Gasteiger partial charge >= 0.3 is 0 Å². The summed E-state index contributed by atoms with van der Waals surface area (Å²) in [5, 5.41) is 9.58.